The lowest BCUT2D eigenvalue weighted by Gasteiger charge is -2.04. The molecule has 2 aromatic carbocycles. The fraction of sp³-hybridized carbons (Fsp3) is 0. The van der Waals surface area contributed by atoms with Crippen LogP contribution >= 0.6 is 34.5 Å². The molecule has 3 rings (SSSR count). The normalized spacial score (nSPS) is 11.0. The number of phenols is 1. The Morgan fingerprint density at radius 3 is 2.60 bits per heavy atom. The lowest BCUT2D eigenvalue weighted by atomic mass is 10.2. The molecule has 25 heavy (non-hydrogen) atoms. The van der Waals surface area contributed by atoms with Crippen molar-refractivity contribution in [3.63, 3.8) is 0 Å². The van der Waals surface area contributed by atoms with E-state index in [1.165, 1.54) is 23.6 Å². The minimum Gasteiger partial charge on any atom is -0.506 e. The Hall–Kier alpha value is -2.34. The Balaban J connectivity index is 1.72. The van der Waals surface area contributed by atoms with Crippen molar-refractivity contribution in [1.29, 1.82) is 0 Å². The number of thiophene rings is 1. The van der Waals surface area contributed by atoms with E-state index in [-0.39, 0.29) is 16.7 Å². The Labute approximate surface area is 158 Å². The average Bonchev–Trinajstić information content (AvgIpc) is 3.13. The van der Waals surface area contributed by atoms with Crippen LogP contribution in [0.2, 0.25) is 10.0 Å². The number of halogens is 2. The summed E-state index contributed by atoms with van der Waals surface area (Å²) in [5.41, 5.74) is 1.75. The summed E-state index contributed by atoms with van der Waals surface area (Å²) in [5.74, 6) is -0.223. The van der Waals surface area contributed by atoms with Gasteiger partial charge in [0.25, 0.3) is 5.91 Å². The fourth-order valence-corrected chi connectivity index (χ4v) is 3.19. The van der Waals surface area contributed by atoms with Crippen LogP contribution in [-0.2, 0) is 0 Å². The van der Waals surface area contributed by atoms with Gasteiger partial charge in [-0.15, -0.1) is 11.3 Å². The summed E-state index contributed by atoms with van der Waals surface area (Å²) in [7, 11) is 0. The zero-order valence-electron chi connectivity index (χ0n) is 12.7. The fourth-order valence-electron chi connectivity index (χ4n) is 2.06. The van der Waals surface area contributed by atoms with E-state index in [4.69, 9.17) is 23.2 Å². The highest BCUT2D eigenvalue weighted by molar-refractivity contribution is 7.12. The topological polar surface area (TPSA) is 61.7 Å². The van der Waals surface area contributed by atoms with Crippen LogP contribution in [0.3, 0.4) is 0 Å². The quantitative estimate of drug-likeness (QED) is 0.555. The van der Waals surface area contributed by atoms with Crippen LogP contribution in [0, 0.1) is 0 Å². The van der Waals surface area contributed by atoms with E-state index in [0.29, 0.717) is 26.8 Å². The summed E-state index contributed by atoms with van der Waals surface area (Å²) in [6.07, 6.45) is 1.48. The summed E-state index contributed by atoms with van der Waals surface area (Å²) >= 11 is 13.2. The number of aromatic hydroxyl groups is 1. The van der Waals surface area contributed by atoms with E-state index >= 15 is 0 Å². The van der Waals surface area contributed by atoms with E-state index in [1.54, 1.807) is 36.4 Å². The Morgan fingerprint density at radius 2 is 1.92 bits per heavy atom. The van der Waals surface area contributed by atoms with Crippen molar-refractivity contribution in [1.82, 2.24) is 0 Å². The van der Waals surface area contributed by atoms with Gasteiger partial charge in [-0.2, -0.15) is 0 Å². The predicted molar refractivity (Wildman–Crippen MR) is 104 cm³/mol. The lowest BCUT2D eigenvalue weighted by Crippen LogP contribution is -2.09. The van der Waals surface area contributed by atoms with Crippen molar-refractivity contribution >= 4 is 58.0 Å². The maximum absolute atomic E-state index is 12.0. The molecule has 126 valence electrons. The number of carbonyl (C=O) groups is 1. The first-order valence-electron chi connectivity index (χ1n) is 7.20. The number of nitrogens with one attached hydrogen (secondary N) is 1. The predicted octanol–water partition coefficient (Wildman–Crippen LogP) is 5.76. The maximum atomic E-state index is 12.0. The van der Waals surface area contributed by atoms with Gasteiger partial charge in [0.2, 0.25) is 0 Å². The molecule has 0 aliphatic carbocycles. The van der Waals surface area contributed by atoms with E-state index in [9.17, 15) is 9.90 Å². The minimum absolute atomic E-state index is 0.0744. The number of carbonyl (C=O) groups excluding carboxylic acids is 1. The molecule has 0 fully saturated rings. The molecule has 0 saturated heterocycles. The van der Waals surface area contributed by atoms with Crippen LogP contribution in [0.4, 0.5) is 11.4 Å². The molecular formula is C18H12Cl2N2O2S. The lowest BCUT2D eigenvalue weighted by molar-refractivity contribution is 0.103. The highest BCUT2D eigenvalue weighted by Gasteiger charge is 2.07. The van der Waals surface area contributed by atoms with E-state index in [1.807, 2.05) is 11.4 Å². The van der Waals surface area contributed by atoms with E-state index in [2.05, 4.69) is 10.3 Å². The third kappa shape index (κ3) is 4.39. The second-order valence-electron chi connectivity index (χ2n) is 5.06. The SMILES string of the molecule is O=C(Nc1ccc(N=Cc2cc(Cl)cc(Cl)c2O)cc1)c1cccs1. The second kappa shape index (κ2) is 7.70. The molecule has 0 saturated carbocycles. The van der Waals surface area contributed by atoms with Crippen molar-refractivity contribution in [2.45, 2.75) is 0 Å². The summed E-state index contributed by atoms with van der Waals surface area (Å²) in [4.78, 5) is 16.9. The Kier molecular flexibility index (Phi) is 5.38. The zero-order chi connectivity index (χ0) is 17.8. The van der Waals surface area contributed by atoms with Crippen LogP contribution in [-0.4, -0.2) is 17.2 Å². The molecule has 2 N–H and O–H groups in total. The number of hydrogen-bond acceptors (Lipinski definition) is 4. The maximum Gasteiger partial charge on any atom is 0.265 e. The van der Waals surface area contributed by atoms with Gasteiger partial charge in [0.15, 0.2) is 0 Å². The average molecular weight is 391 g/mol. The van der Waals surface area contributed by atoms with Gasteiger partial charge in [-0.1, -0.05) is 29.3 Å². The molecule has 0 bridgehead atoms. The Morgan fingerprint density at radius 1 is 1.16 bits per heavy atom. The molecule has 0 aliphatic heterocycles. The molecule has 7 heteroatoms. The van der Waals surface area contributed by atoms with Crippen molar-refractivity contribution in [2.75, 3.05) is 5.32 Å². The molecule has 0 atom stereocenters. The molecule has 1 amide bonds. The molecular weight excluding hydrogens is 379 g/mol. The van der Waals surface area contributed by atoms with Gasteiger partial charge in [0.1, 0.15) is 5.75 Å². The molecule has 1 aromatic heterocycles. The number of phenolic OH excluding ortho intramolecular Hbond substituents is 1. The number of hydrogen-bond donors (Lipinski definition) is 2. The summed E-state index contributed by atoms with van der Waals surface area (Å²) in [6.45, 7) is 0. The molecule has 0 aliphatic rings. The number of rotatable bonds is 4. The number of anilines is 1. The summed E-state index contributed by atoms with van der Waals surface area (Å²) < 4.78 is 0. The van der Waals surface area contributed by atoms with E-state index in [0.717, 1.165) is 0 Å². The third-order valence-corrected chi connectivity index (χ3v) is 4.66. The molecule has 0 radical (unpaired) electrons. The Bertz CT molecular complexity index is 923. The molecule has 0 unspecified atom stereocenters. The highest BCUT2D eigenvalue weighted by atomic mass is 35.5. The number of amides is 1. The third-order valence-electron chi connectivity index (χ3n) is 3.28. The van der Waals surface area contributed by atoms with Crippen LogP contribution in [0.1, 0.15) is 15.2 Å². The van der Waals surface area contributed by atoms with Crippen molar-refractivity contribution in [3.05, 3.63) is 74.4 Å². The first-order chi connectivity index (χ1) is 12.0. The summed E-state index contributed by atoms with van der Waals surface area (Å²) in [5, 5.41) is 15.2. The number of aliphatic imine (C=N–C) groups is 1. The number of benzene rings is 2. The van der Waals surface area contributed by atoms with Crippen molar-refractivity contribution in [3.8, 4) is 5.75 Å². The highest BCUT2D eigenvalue weighted by Crippen LogP contribution is 2.30. The van der Waals surface area contributed by atoms with Gasteiger partial charge in [-0.05, 0) is 47.8 Å². The first-order valence-corrected chi connectivity index (χ1v) is 8.83. The summed E-state index contributed by atoms with van der Waals surface area (Å²) in [6, 6.07) is 13.6. The largest absolute Gasteiger partial charge is 0.506 e. The number of nitrogens with zero attached hydrogens (tertiary/aromatic N) is 1. The van der Waals surface area contributed by atoms with Gasteiger partial charge < -0.3 is 10.4 Å². The molecule has 0 spiro atoms. The van der Waals surface area contributed by atoms with Crippen LogP contribution < -0.4 is 5.32 Å². The zero-order valence-corrected chi connectivity index (χ0v) is 15.1. The van der Waals surface area contributed by atoms with Crippen LogP contribution in [0.15, 0.2) is 58.9 Å². The van der Waals surface area contributed by atoms with Gasteiger partial charge in [0, 0.05) is 22.5 Å². The molecule has 4 nitrogen and oxygen atoms in total. The van der Waals surface area contributed by atoms with Gasteiger partial charge in [-0.3, -0.25) is 9.79 Å². The van der Waals surface area contributed by atoms with Gasteiger partial charge in [-0.25, -0.2) is 0 Å². The molecule has 1 heterocycles. The van der Waals surface area contributed by atoms with Gasteiger partial charge >= 0.3 is 0 Å². The standard InChI is InChI=1S/C18H12Cl2N2O2S/c19-12-8-11(17(23)15(20)9-12)10-21-13-3-5-14(6-4-13)22-18(24)16-2-1-7-25-16/h1-10,23H,(H,22,24). The molecule has 3 aromatic rings. The van der Waals surface area contributed by atoms with Crippen LogP contribution in [0.5, 0.6) is 5.75 Å². The van der Waals surface area contributed by atoms with Gasteiger partial charge in [0.05, 0.1) is 15.6 Å². The van der Waals surface area contributed by atoms with Crippen molar-refractivity contribution in [2.24, 2.45) is 4.99 Å². The minimum atomic E-state index is -0.148. The van der Waals surface area contributed by atoms with Crippen molar-refractivity contribution < 1.29 is 9.90 Å². The first kappa shape index (κ1) is 17.5. The van der Waals surface area contributed by atoms with E-state index < -0.39 is 0 Å². The monoisotopic (exact) mass is 390 g/mol. The smallest absolute Gasteiger partial charge is 0.265 e. The van der Waals surface area contributed by atoms with Crippen LogP contribution in [0.25, 0.3) is 0 Å². The second-order valence-corrected chi connectivity index (χ2v) is 6.85.